The van der Waals surface area contributed by atoms with Crippen LogP contribution in [0.4, 0.5) is 10.1 Å². The van der Waals surface area contributed by atoms with Crippen LogP contribution in [0.3, 0.4) is 0 Å². The first-order chi connectivity index (χ1) is 9.20. The van der Waals surface area contributed by atoms with Crippen LogP contribution in [-0.4, -0.2) is 22.8 Å². The van der Waals surface area contributed by atoms with E-state index in [0.29, 0.717) is 11.3 Å². The minimum atomic E-state index is -0.696. The van der Waals surface area contributed by atoms with Crippen LogP contribution in [0.15, 0.2) is 35.2 Å². The van der Waals surface area contributed by atoms with Gasteiger partial charge in [-0.3, -0.25) is 4.79 Å². The zero-order valence-corrected chi connectivity index (χ0v) is 9.68. The Labute approximate surface area is 108 Å². The molecule has 0 saturated heterocycles. The summed E-state index contributed by atoms with van der Waals surface area (Å²) in [4.78, 5) is 11.8. The highest BCUT2D eigenvalue weighted by molar-refractivity contribution is 6.04. The molecule has 0 atom stereocenters. The first kappa shape index (κ1) is 12.8. The van der Waals surface area contributed by atoms with Gasteiger partial charge in [-0.05, 0) is 18.2 Å². The van der Waals surface area contributed by atoms with Crippen LogP contribution in [0.2, 0.25) is 0 Å². The lowest BCUT2D eigenvalue weighted by atomic mass is 10.1. The quantitative estimate of drug-likeness (QED) is 0.800. The minimum Gasteiger partial charge on any atom is -0.384 e. The number of hydrogen-bond acceptors (Lipinski definition) is 4. The molecule has 19 heavy (non-hydrogen) atoms. The van der Waals surface area contributed by atoms with Crippen molar-refractivity contribution in [1.29, 1.82) is 0 Å². The average molecular weight is 260 g/mol. The van der Waals surface area contributed by atoms with E-state index in [4.69, 9.17) is 5.11 Å². The third-order valence-corrected chi connectivity index (χ3v) is 2.22. The van der Waals surface area contributed by atoms with Crippen molar-refractivity contribution in [2.45, 2.75) is 0 Å². The van der Waals surface area contributed by atoms with Gasteiger partial charge in [0, 0.05) is 5.56 Å². The van der Waals surface area contributed by atoms with E-state index in [9.17, 15) is 9.18 Å². The Bertz CT molecular complexity index is 642. The van der Waals surface area contributed by atoms with Crippen LogP contribution in [0, 0.1) is 17.7 Å². The van der Waals surface area contributed by atoms with Crippen LogP contribution >= 0.6 is 0 Å². The Morgan fingerprint density at radius 1 is 1.53 bits per heavy atom. The van der Waals surface area contributed by atoms with Crippen molar-refractivity contribution in [3.8, 4) is 11.8 Å². The molecule has 2 aromatic rings. The van der Waals surface area contributed by atoms with Crippen LogP contribution in [-0.2, 0) is 0 Å². The molecule has 0 unspecified atom stereocenters. The molecule has 1 aromatic heterocycles. The number of nitrogens with zero attached hydrogens (tertiary/aromatic N) is 1. The molecule has 1 aromatic carbocycles. The fraction of sp³-hybridized carbons (Fsp3) is 0.0769. The Hall–Kier alpha value is -2.65. The highest BCUT2D eigenvalue weighted by Crippen LogP contribution is 2.13. The van der Waals surface area contributed by atoms with E-state index >= 15 is 0 Å². The van der Waals surface area contributed by atoms with Crippen molar-refractivity contribution < 1.29 is 18.8 Å². The molecular formula is C13H9FN2O3. The summed E-state index contributed by atoms with van der Waals surface area (Å²) in [5.41, 5.74) is 0.609. The molecule has 1 amide bonds. The molecule has 0 radical (unpaired) electrons. The number of carbonyl (C=O) groups is 1. The molecule has 0 bridgehead atoms. The molecule has 2 rings (SSSR count). The Balaban J connectivity index is 2.18. The van der Waals surface area contributed by atoms with E-state index in [1.54, 1.807) is 0 Å². The third kappa shape index (κ3) is 3.18. The molecule has 0 aliphatic heterocycles. The molecule has 0 aliphatic carbocycles. The first-order valence-corrected chi connectivity index (χ1v) is 5.30. The number of benzene rings is 1. The van der Waals surface area contributed by atoms with Gasteiger partial charge < -0.3 is 14.9 Å². The van der Waals surface area contributed by atoms with Crippen molar-refractivity contribution in [3.05, 3.63) is 47.6 Å². The van der Waals surface area contributed by atoms with Crippen LogP contribution < -0.4 is 5.32 Å². The fourth-order valence-corrected chi connectivity index (χ4v) is 1.38. The van der Waals surface area contributed by atoms with E-state index in [1.807, 2.05) is 0 Å². The van der Waals surface area contributed by atoms with Gasteiger partial charge in [0.25, 0.3) is 5.91 Å². The van der Waals surface area contributed by atoms with E-state index in [2.05, 4.69) is 26.8 Å². The second kappa shape index (κ2) is 5.80. The predicted octanol–water partition coefficient (Wildman–Crippen LogP) is 1.41. The fourth-order valence-electron chi connectivity index (χ4n) is 1.38. The van der Waals surface area contributed by atoms with Crippen molar-refractivity contribution in [1.82, 2.24) is 5.16 Å². The number of nitrogens with one attached hydrogen (secondary N) is 1. The predicted molar refractivity (Wildman–Crippen MR) is 64.8 cm³/mol. The SMILES string of the molecule is O=C(Nc1cnoc1)c1ccc(C#CCO)cc1F. The summed E-state index contributed by atoms with van der Waals surface area (Å²) in [5, 5.41) is 14.4. The van der Waals surface area contributed by atoms with Crippen molar-refractivity contribution >= 4 is 11.6 Å². The summed E-state index contributed by atoms with van der Waals surface area (Å²) in [7, 11) is 0. The molecule has 0 saturated carbocycles. The lowest BCUT2D eigenvalue weighted by Crippen LogP contribution is -2.13. The van der Waals surface area contributed by atoms with Crippen LogP contribution in [0.1, 0.15) is 15.9 Å². The smallest absolute Gasteiger partial charge is 0.258 e. The van der Waals surface area contributed by atoms with Gasteiger partial charge in [0.2, 0.25) is 0 Å². The van der Waals surface area contributed by atoms with Gasteiger partial charge in [-0.15, -0.1) is 0 Å². The summed E-state index contributed by atoms with van der Waals surface area (Å²) in [5.74, 6) is 3.64. The lowest BCUT2D eigenvalue weighted by Gasteiger charge is -2.03. The number of hydrogen-bond donors (Lipinski definition) is 2. The van der Waals surface area contributed by atoms with Crippen LogP contribution in [0.5, 0.6) is 0 Å². The van der Waals surface area contributed by atoms with E-state index in [1.165, 1.54) is 24.6 Å². The summed E-state index contributed by atoms with van der Waals surface area (Å²) >= 11 is 0. The first-order valence-electron chi connectivity index (χ1n) is 5.30. The monoisotopic (exact) mass is 260 g/mol. The number of aliphatic hydroxyl groups is 1. The van der Waals surface area contributed by atoms with Gasteiger partial charge in [-0.1, -0.05) is 17.0 Å². The summed E-state index contributed by atoms with van der Waals surface area (Å²) in [6.07, 6.45) is 2.54. The van der Waals surface area contributed by atoms with Crippen LogP contribution in [0.25, 0.3) is 0 Å². The molecule has 6 heteroatoms. The molecule has 0 aliphatic rings. The molecule has 1 heterocycles. The second-order valence-corrected chi connectivity index (χ2v) is 3.52. The summed E-state index contributed by atoms with van der Waals surface area (Å²) in [6, 6.07) is 3.94. The number of carbonyl (C=O) groups excluding carboxylic acids is 1. The number of aromatic nitrogens is 1. The normalized spacial score (nSPS) is 9.58. The lowest BCUT2D eigenvalue weighted by molar-refractivity contribution is 0.102. The average Bonchev–Trinajstić information content (AvgIpc) is 2.89. The highest BCUT2D eigenvalue weighted by Gasteiger charge is 2.12. The van der Waals surface area contributed by atoms with Gasteiger partial charge in [-0.2, -0.15) is 0 Å². The standard InChI is InChI=1S/C13H9FN2O3/c14-12-6-9(2-1-5-17)3-4-11(12)13(18)16-10-7-15-19-8-10/h3-4,6-8,17H,5H2,(H,16,18). The summed E-state index contributed by atoms with van der Waals surface area (Å²) in [6.45, 7) is -0.308. The number of amides is 1. The maximum atomic E-state index is 13.7. The number of halogens is 1. The number of aliphatic hydroxyl groups excluding tert-OH is 1. The molecule has 0 fully saturated rings. The van der Waals surface area contributed by atoms with Gasteiger partial charge in [0.1, 0.15) is 24.4 Å². The zero-order chi connectivity index (χ0) is 13.7. The molecule has 0 spiro atoms. The number of anilines is 1. The molecule has 96 valence electrons. The van der Waals surface area contributed by atoms with E-state index < -0.39 is 11.7 Å². The van der Waals surface area contributed by atoms with Crippen molar-refractivity contribution in [3.63, 3.8) is 0 Å². The van der Waals surface area contributed by atoms with Gasteiger partial charge in [-0.25, -0.2) is 4.39 Å². The summed E-state index contributed by atoms with van der Waals surface area (Å²) < 4.78 is 18.3. The van der Waals surface area contributed by atoms with E-state index in [0.717, 1.165) is 6.07 Å². The number of rotatable bonds is 2. The largest absolute Gasteiger partial charge is 0.384 e. The maximum absolute atomic E-state index is 13.7. The highest BCUT2D eigenvalue weighted by atomic mass is 19.1. The van der Waals surface area contributed by atoms with Gasteiger partial charge in [0.15, 0.2) is 0 Å². The van der Waals surface area contributed by atoms with Crippen molar-refractivity contribution in [2.24, 2.45) is 0 Å². The molecular weight excluding hydrogens is 251 g/mol. The van der Waals surface area contributed by atoms with Gasteiger partial charge >= 0.3 is 0 Å². The Kier molecular flexibility index (Phi) is 3.90. The van der Waals surface area contributed by atoms with E-state index in [-0.39, 0.29) is 12.2 Å². The topological polar surface area (TPSA) is 75.4 Å². The zero-order valence-electron chi connectivity index (χ0n) is 9.68. The van der Waals surface area contributed by atoms with Gasteiger partial charge in [0.05, 0.1) is 11.8 Å². The third-order valence-electron chi connectivity index (χ3n) is 2.22. The second-order valence-electron chi connectivity index (χ2n) is 3.52. The molecule has 5 nitrogen and oxygen atoms in total. The Morgan fingerprint density at radius 3 is 3.00 bits per heavy atom. The maximum Gasteiger partial charge on any atom is 0.258 e. The minimum absolute atomic E-state index is 0.115. The Morgan fingerprint density at radius 2 is 2.37 bits per heavy atom. The molecule has 2 N–H and O–H groups in total. The van der Waals surface area contributed by atoms with Crippen molar-refractivity contribution in [2.75, 3.05) is 11.9 Å².